The van der Waals surface area contributed by atoms with Crippen molar-refractivity contribution in [2.45, 2.75) is 20.3 Å². The van der Waals surface area contributed by atoms with Gasteiger partial charge in [-0.2, -0.15) is 5.10 Å². The number of hydrogen-bond donors (Lipinski definition) is 1. The van der Waals surface area contributed by atoms with Crippen LogP contribution in [0.1, 0.15) is 30.6 Å². The fourth-order valence-electron chi connectivity index (χ4n) is 1.79. The lowest BCUT2D eigenvalue weighted by molar-refractivity contribution is 0.102. The van der Waals surface area contributed by atoms with Gasteiger partial charge in [-0.05, 0) is 36.6 Å². The monoisotopic (exact) mass is 287 g/mol. The molecule has 1 aromatic heterocycles. The molecule has 0 saturated carbocycles. The number of ether oxygens (including phenoxy) is 1. The Morgan fingerprint density at radius 2 is 2.00 bits per heavy atom. The summed E-state index contributed by atoms with van der Waals surface area (Å²) < 4.78 is 7.27. The molecule has 1 aromatic carbocycles. The number of carbonyl (C=O) groups is 1. The molecule has 1 amide bonds. The minimum atomic E-state index is -0.178. The maximum Gasteiger partial charge on any atom is 0.256 e. The van der Waals surface area contributed by atoms with Crippen molar-refractivity contribution in [2.24, 2.45) is 13.0 Å². The van der Waals surface area contributed by atoms with Gasteiger partial charge in [0.25, 0.3) is 5.91 Å². The molecule has 1 N–H and O–H groups in total. The molecule has 0 aliphatic carbocycles. The predicted molar refractivity (Wildman–Crippen MR) is 82.6 cm³/mol. The van der Waals surface area contributed by atoms with Gasteiger partial charge in [0.1, 0.15) is 5.75 Å². The molecule has 0 spiro atoms. The van der Waals surface area contributed by atoms with Crippen molar-refractivity contribution in [3.05, 3.63) is 42.1 Å². The first-order chi connectivity index (χ1) is 10.0. The Morgan fingerprint density at radius 3 is 2.57 bits per heavy atom. The average Bonchev–Trinajstić information content (AvgIpc) is 2.84. The number of nitrogens with one attached hydrogen (secondary N) is 1. The second kappa shape index (κ2) is 6.92. The SMILES string of the molecule is CC(C)CCOc1ccc(C(=O)Nc2ccn(C)n2)cc1. The molecule has 21 heavy (non-hydrogen) atoms. The van der Waals surface area contributed by atoms with Crippen molar-refractivity contribution in [1.29, 1.82) is 0 Å². The highest BCUT2D eigenvalue weighted by Crippen LogP contribution is 2.14. The molecule has 2 rings (SSSR count). The van der Waals surface area contributed by atoms with E-state index in [9.17, 15) is 4.79 Å². The molecule has 0 bridgehead atoms. The van der Waals surface area contributed by atoms with Crippen LogP contribution < -0.4 is 10.1 Å². The van der Waals surface area contributed by atoms with E-state index in [1.807, 2.05) is 12.1 Å². The first-order valence-corrected chi connectivity index (χ1v) is 7.08. The van der Waals surface area contributed by atoms with Gasteiger partial charge >= 0.3 is 0 Å². The number of benzene rings is 1. The van der Waals surface area contributed by atoms with Crippen molar-refractivity contribution in [1.82, 2.24) is 9.78 Å². The number of hydrogen-bond acceptors (Lipinski definition) is 3. The maximum atomic E-state index is 12.0. The molecule has 1 heterocycles. The standard InChI is InChI=1S/C16H21N3O2/c1-12(2)9-11-21-14-6-4-13(5-7-14)16(20)17-15-8-10-19(3)18-15/h4-8,10,12H,9,11H2,1-3H3,(H,17,18,20). The summed E-state index contributed by atoms with van der Waals surface area (Å²) in [5.74, 6) is 1.76. The van der Waals surface area contributed by atoms with Crippen LogP contribution >= 0.6 is 0 Å². The minimum absolute atomic E-state index is 0.178. The van der Waals surface area contributed by atoms with Crippen molar-refractivity contribution in [3.8, 4) is 5.75 Å². The Labute approximate surface area is 124 Å². The number of rotatable bonds is 6. The van der Waals surface area contributed by atoms with E-state index in [1.54, 1.807) is 36.1 Å². The van der Waals surface area contributed by atoms with E-state index in [2.05, 4.69) is 24.3 Å². The molecule has 0 aliphatic heterocycles. The van der Waals surface area contributed by atoms with Crippen LogP contribution in [0.4, 0.5) is 5.82 Å². The topological polar surface area (TPSA) is 56.1 Å². The minimum Gasteiger partial charge on any atom is -0.494 e. The third kappa shape index (κ3) is 4.63. The average molecular weight is 287 g/mol. The zero-order valence-corrected chi connectivity index (χ0v) is 12.7. The second-order valence-electron chi connectivity index (χ2n) is 5.38. The Kier molecular flexibility index (Phi) is 4.98. The summed E-state index contributed by atoms with van der Waals surface area (Å²) in [4.78, 5) is 12.0. The molecule has 0 radical (unpaired) electrons. The normalized spacial score (nSPS) is 10.7. The van der Waals surface area contributed by atoms with Crippen molar-refractivity contribution < 1.29 is 9.53 Å². The molecule has 0 unspecified atom stereocenters. The van der Waals surface area contributed by atoms with E-state index in [1.165, 1.54) is 0 Å². The number of amides is 1. The molecule has 2 aromatic rings. The van der Waals surface area contributed by atoms with Crippen LogP contribution in [0, 0.1) is 5.92 Å². The molecule has 5 heteroatoms. The van der Waals surface area contributed by atoms with E-state index < -0.39 is 0 Å². The molecule has 0 atom stereocenters. The smallest absolute Gasteiger partial charge is 0.256 e. The van der Waals surface area contributed by atoms with E-state index in [0.29, 0.717) is 23.9 Å². The second-order valence-corrected chi connectivity index (χ2v) is 5.38. The van der Waals surface area contributed by atoms with Gasteiger partial charge in [-0.15, -0.1) is 0 Å². The van der Waals surface area contributed by atoms with Gasteiger partial charge in [0.15, 0.2) is 5.82 Å². The van der Waals surface area contributed by atoms with Gasteiger partial charge in [-0.25, -0.2) is 0 Å². The summed E-state index contributed by atoms with van der Waals surface area (Å²) in [6.07, 6.45) is 2.79. The van der Waals surface area contributed by atoms with Gasteiger partial charge in [0.05, 0.1) is 6.61 Å². The lowest BCUT2D eigenvalue weighted by Gasteiger charge is -2.08. The Balaban J connectivity index is 1.90. The number of carbonyl (C=O) groups excluding carboxylic acids is 1. The molecular formula is C16H21N3O2. The van der Waals surface area contributed by atoms with Gasteiger partial charge in [-0.1, -0.05) is 13.8 Å². The molecule has 5 nitrogen and oxygen atoms in total. The third-order valence-corrected chi connectivity index (χ3v) is 3.04. The van der Waals surface area contributed by atoms with Crippen molar-refractivity contribution in [3.63, 3.8) is 0 Å². The third-order valence-electron chi connectivity index (χ3n) is 3.04. The molecule has 0 aliphatic rings. The zero-order chi connectivity index (χ0) is 15.2. The van der Waals surface area contributed by atoms with Crippen LogP contribution in [0.15, 0.2) is 36.5 Å². The first-order valence-electron chi connectivity index (χ1n) is 7.08. The Morgan fingerprint density at radius 1 is 1.29 bits per heavy atom. The van der Waals surface area contributed by atoms with E-state index in [0.717, 1.165) is 12.2 Å². The quantitative estimate of drug-likeness (QED) is 0.888. The maximum absolute atomic E-state index is 12.0. The molecule has 0 saturated heterocycles. The fourth-order valence-corrected chi connectivity index (χ4v) is 1.79. The highest BCUT2D eigenvalue weighted by Gasteiger charge is 2.07. The van der Waals surface area contributed by atoms with E-state index in [4.69, 9.17) is 4.74 Å². The zero-order valence-electron chi connectivity index (χ0n) is 12.7. The summed E-state index contributed by atoms with van der Waals surface area (Å²) in [7, 11) is 1.80. The first kappa shape index (κ1) is 15.1. The summed E-state index contributed by atoms with van der Waals surface area (Å²) in [5, 5.41) is 6.86. The highest BCUT2D eigenvalue weighted by atomic mass is 16.5. The number of anilines is 1. The summed E-state index contributed by atoms with van der Waals surface area (Å²) >= 11 is 0. The van der Waals surface area contributed by atoms with E-state index >= 15 is 0 Å². The summed E-state index contributed by atoms with van der Waals surface area (Å²) in [6, 6.07) is 8.88. The largest absolute Gasteiger partial charge is 0.494 e. The van der Waals surface area contributed by atoms with Crippen LogP contribution in [0.3, 0.4) is 0 Å². The van der Waals surface area contributed by atoms with Crippen LogP contribution in [0.2, 0.25) is 0 Å². The van der Waals surface area contributed by atoms with E-state index in [-0.39, 0.29) is 5.91 Å². The lowest BCUT2D eigenvalue weighted by atomic mass is 10.1. The summed E-state index contributed by atoms with van der Waals surface area (Å²) in [5.41, 5.74) is 0.580. The van der Waals surface area contributed by atoms with Crippen LogP contribution in [0.25, 0.3) is 0 Å². The summed E-state index contributed by atoms with van der Waals surface area (Å²) in [6.45, 7) is 5.01. The van der Waals surface area contributed by atoms with Crippen LogP contribution in [-0.2, 0) is 7.05 Å². The van der Waals surface area contributed by atoms with Crippen molar-refractivity contribution in [2.75, 3.05) is 11.9 Å². The predicted octanol–water partition coefficient (Wildman–Crippen LogP) is 3.10. The molecular weight excluding hydrogens is 266 g/mol. The Hall–Kier alpha value is -2.30. The van der Waals surface area contributed by atoms with Crippen LogP contribution in [0.5, 0.6) is 5.75 Å². The lowest BCUT2D eigenvalue weighted by Crippen LogP contribution is -2.12. The van der Waals surface area contributed by atoms with Gasteiger partial charge < -0.3 is 10.1 Å². The van der Waals surface area contributed by atoms with Crippen molar-refractivity contribution >= 4 is 11.7 Å². The van der Waals surface area contributed by atoms with Gasteiger partial charge in [0, 0.05) is 24.9 Å². The van der Waals surface area contributed by atoms with Gasteiger partial charge in [0.2, 0.25) is 0 Å². The highest BCUT2D eigenvalue weighted by molar-refractivity contribution is 6.03. The number of nitrogens with zero attached hydrogens (tertiary/aromatic N) is 2. The number of aromatic nitrogens is 2. The fraction of sp³-hybridized carbons (Fsp3) is 0.375. The Bertz CT molecular complexity index is 588. The van der Waals surface area contributed by atoms with Gasteiger partial charge in [-0.3, -0.25) is 9.48 Å². The molecule has 112 valence electrons. The number of aryl methyl sites for hydroxylation is 1. The van der Waals surface area contributed by atoms with Crippen LogP contribution in [-0.4, -0.2) is 22.3 Å². The molecule has 0 fully saturated rings.